The standard InChI is InChI=1S/C25H34F2N4O2/c1-17-2-3-22-21(16-17)23(18-8-14-33-15-9-18)29-31(22)20-6-12-30(13-7-20)24(32)28-19-4-10-25(26,27)11-5-19/h2-3,16,18-20H,4-15H2,1H3,(H,28,32). The van der Waals surface area contributed by atoms with E-state index in [1.165, 1.54) is 22.2 Å². The van der Waals surface area contributed by atoms with Gasteiger partial charge in [0.2, 0.25) is 5.92 Å². The van der Waals surface area contributed by atoms with Gasteiger partial charge in [0.15, 0.2) is 0 Å². The average Bonchev–Trinajstić information content (AvgIpc) is 3.20. The van der Waals surface area contributed by atoms with Gasteiger partial charge in [-0.3, -0.25) is 4.68 Å². The number of benzene rings is 1. The maximum absolute atomic E-state index is 13.4. The van der Waals surface area contributed by atoms with Crippen LogP contribution in [0.4, 0.5) is 13.6 Å². The minimum atomic E-state index is -2.58. The van der Waals surface area contributed by atoms with Gasteiger partial charge in [0, 0.05) is 56.5 Å². The van der Waals surface area contributed by atoms with Gasteiger partial charge in [0.25, 0.3) is 0 Å². The number of rotatable bonds is 3. The lowest BCUT2D eigenvalue weighted by molar-refractivity contribution is -0.0398. The molecule has 1 N–H and O–H groups in total. The summed E-state index contributed by atoms with van der Waals surface area (Å²) in [5, 5.41) is 9.36. The van der Waals surface area contributed by atoms with Crippen molar-refractivity contribution >= 4 is 16.9 Å². The van der Waals surface area contributed by atoms with Crippen molar-refractivity contribution in [1.82, 2.24) is 20.0 Å². The number of likely N-dealkylation sites (tertiary alicyclic amines) is 1. The van der Waals surface area contributed by atoms with E-state index in [0.29, 0.717) is 31.8 Å². The molecule has 0 unspecified atom stereocenters. The third kappa shape index (κ3) is 4.86. The van der Waals surface area contributed by atoms with Crippen LogP contribution in [-0.2, 0) is 4.74 Å². The average molecular weight is 461 g/mol. The molecule has 1 aromatic heterocycles. The van der Waals surface area contributed by atoms with E-state index in [-0.39, 0.29) is 31.0 Å². The van der Waals surface area contributed by atoms with Gasteiger partial charge in [0.1, 0.15) is 0 Å². The summed E-state index contributed by atoms with van der Waals surface area (Å²) in [6.07, 6.45) is 4.12. The Kier molecular flexibility index (Phi) is 6.29. The van der Waals surface area contributed by atoms with Crippen molar-refractivity contribution in [3.63, 3.8) is 0 Å². The van der Waals surface area contributed by atoms with Crippen molar-refractivity contribution in [2.45, 2.75) is 82.2 Å². The van der Waals surface area contributed by atoms with Gasteiger partial charge in [-0.05, 0) is 57.6 Å². The smallest absolute Gasteiger partial charge is 0.317 e. The first kappa shape index (κ1) is 22.6. The van der Waals surface area contributed by atoms with Gasteiger partial charge >= 0.3 is 6.03 Å². The number of amides is 2. The summed E-state index contributed by atoms with van der Waals surface area (Å²) >= 11 is 0. The normalized spacial score (nSPS) is 23.2. The first-order chi connectivity index (χ1) is 15.9. The van der Waals surface area contributed by atoms with Gasteiger partial charge in [-0.1, -0.05) is 11.6 Å². The zero-order valence-electron chi connectivity index (χ0n) is 19.4. The summed E-state index contributed by atoms with van der Waals surface area (Å²) < 4.78 is 34.5. The number of hydrogen-bond donors (Lipinski definition) is 1. The van der Waals surface area contributed by atoms with Gasteiger partial charge in [0.05, 0.1) is 17.3 Å². The molecule has 0 atom stereocenters. The summed E-state index contributed by atoms with van der Waals surface area (Å²) in [6.45, 7) is 5.00. The van der Waals surface area contributed by atoms with E-state index < -0.39 is 5.92 Å². The number of piperidine rings is 1. The van der Waals surface area contributed by atoms with E-state index in [1.807, 2.05) is 4.90 Å². The Labute approximate surface area is 193 Å². The summed E-state index contributed by atoms with van der Waals surface area (Å²) in [7, 11) is 0. The van der Waals surface area contributed by atoms with Crippen LogP contribution in [0.2, 0.25) is 0 Å². The number of nitrogens with one attached hydrogen (secondary N) is 1. The fraction of sp³-hybridized carbons (Fsp3) is 0.680. The predicted molar refractivity (Wildman–Crippen MR) is 123 cm³/mol. The fourth-order valence-corrected chi connectivity index (χ4v) is 5.59. The first-order valence-corrected chi connectivity index (χ1v) is 12.4. The molecule has 2 amide bonds. The highest BCUT2D eigenvalue weighted by atomic mass is 19.3. The molecule has 0 spiro atoms. The van der Waals surface area contributed by atoms with Crippen LogP contribution in [0.5, 0.6) is 0 Å². The SMILES string of the molecule is Cc1ccc2c(c1)c(C1CCOCC1)nn2C1CCN(C(=O)NC2CCC(F)(F)CC2)CC1. The van der Waals surface area contributed by atoms with Crippen LogP contribution < -0.4 is 5.32 Å². The molecule has 2 saturated heterocycles. The van der Waals surface area contributed by atoms with Crippen LogP contribution >= 0.6 is 0 Å². The maximum Gasteiger partial charge on any atom is 0.317 e. The zero-order chi connectivity index (χ0) is 23.0. The minimum absolute atomic E-state index is 0.118. The molecule has 0 bridgehead atoms. The van der Waals surface area contributed by atoms with E-state index in [9.17, 15) is 13.6 Å². The molecule has 2 aliphatic heterocycles. The van der Waals surface area contributed by atoms with Crippen LogP contribution in [0.25, 0.3) is 10.9 Å². The summed E-state index contributed by atoms with van der Waals surface area (Å²) in [5.74, 6) is -2.15. The molecule has 1 aromatic carbocycles. The Balaban J connectivity index is 1.25. The van der Waals surface area contributed by atoms with E-state index in [0.717, 1.165) is 38.9 Å². The highest BCUT2D eigenvalue weighted by Crippen LogP contribution is 2.36. The molecule has 180 valence electrons. The largest absolute Gasteiger partial charge is 0.381 e. The molecule has 5 rings (SSSR count). The van der Waals surface area contributed by atoms with Gasteiger partial charge in [-0.25, -0.2) is 13.6 Å². The van der Waals surface area contributed by atoms with Crippen molar-refractivity contribution in [2.24, 2.45) is 0 Å². The minimum Gasteiger partial charge on any atom is -0.381 e. The lowest BCUT2D eigenvalue weighted by Gasteiger charge is -2.35. The predicted octanol–water partition coefficient (Wildman–Crippen LogP) is 5.16. The summed E-state index contributed by atoms with van der Waals surface area (Å²) in [4.78, 5) is 14.6. The molecule has 6 nitrogen and oxygen atoms in total. The van der Waals surface area contributed by atoms with Crippen molar-refractivity contribution in [1.29, 1.82) is 0 Å². The monoisotopic (exact) mass is 460 g/mol. The summed E-state index contributed by atoms with van der Waals surface area (Å²) in [5.41, 5.74) is 3.60. The molecule has 3 heterocycles. The van der Waals surface area contributed by atoms with Crippen molar-refractivity contribution in [3.05, 3.63) is 29.5 Å². The molecule has 2 aromatic rings. The highest BCUT2D eigenvalue weighted by Gasteiger charge is 2.36. The van der Waals surface area contributed by atoms with Crippen LogP contribution in [-0.4, -0.2) is 59.0 Å². The van der Waals surface area contributed by atoms with Gasteiger partial charge in [-0.2, -0.15) is 5.10 Å². The number of urea groups is 1. The lowest BCUT2D eigenvalue weighted by atomic mass is 9.92. The number of carbonyl (C=O) groups is 1. The second-order valence-corrected chi connectivity index (χ2v) is 10.0. The van der Waals surface area contributed by atoms with Crippen LogP contribution in [0.3, 0.4) is 0 Å². The second-order valence-electron chi connectivity index (χ2n) is 10.0. The van der Waals surface area contributed by atoms with Crippen LogP contribution in [0.1, 0.15) is 74.6 Å². The third-order valence-corrected chi connectivity index (χ3v) is 7.64. The van der Waals surface area contributed by atoms with E-state index in [1.54, 1.807) is 0 Å². The van der Waals surface area contributed by atoms with E-state index in [2.05, 4.69) is 35.1 Å². The Morgan fingerprint density at radius 3 is 2.48 bits per heavy atom. The number of fused-ring (bicyclic) bond motifs is 1. The fourth-order valence-electron chi connectivity index (χ4n) is 5.59. The zero-order valence-corrected chi connectivity index (χ0v) is 19.4. The first-order valence-electron chi connectivity index (χ1n) is 12.4. The molecule has 33 heavy (non-hydrogen) atoms. The lowest BCUT2D eigenvalue weighted by Crippen LogP contribution is -2.49. The molecule has 3 aliphatic rings. The van der Waals surface area contributed by atoms with Crippen molar-refractivity contribution in [2.75, 3.05) is 26.3 Å². The van der Waals surface area contributed by atoms with Crippen LogP contribution in [0.15, 0.2) is 18.2 Å². The van der Waals surface area contributed by atoms with Crippen LogP contribution in [0, 0.1) is 6.92 Å². The number of carbonyl (C=O) groups excluding carboxylic acids is 1. The molecule has 1 aliphatic carbocycles. The molecule has 0 radical (unpaired) electrons. The number of hydrogen-bond acceptors (Lipinski definition) is 3. The second kappa shape index (κ2) is 9.20. The Bertz CT molecular complexity index is 984. The molecule has 3 fully saturated rings. The van der Waals surface area contributed by atoms with Crippen molar-refractivity contribution in [3.8, 4) is 0 Å². The quantitative estimate of drug-likeness (QED) is 0.688. The topological polar surface area (TPSA) is 59.4 Å². The number of ether oxygens (including phenoxy) is 1. The third-order valence-electron chi connectivity index (χ3n) is 7.64. The van der Waals surface area contributed by atoms with E-state index in [4.69, 9.17) is 9.84 Å². The summed E-state index contributed by atoms with van der Waals surface area (Å²) in [6, 6.07) is 6.56. The Morgan fingerprint density at radius 2 is 1.79 bits per heavy atom. The van der Waals surface area contributed by atoms with Gasteiger partial charge < -0.3 is 15.0 Å². The maximum atomic E-state index is 13.4. The van der Waals surface area contributed by atoms with Crippen molar-refractivity contribution < 1.29 is 18.3 Å². The molecule has 1 saturated carbocycles. The Hall–Kier alpha value is -2.22. The number of aromatic nitrogens is 2. The number of halogens is 2. The molecular formula is C25H34F2N4O2. The number of nitrogens with zero attached hydrogens (tertiary/aromatic N) is 3. The Morgan fingerprint density at radius 1 is 1.09 bits per heavy atom. The number of aryl methyl sites for hydroxylation is 1. The molecular weight excluding hydrogens is 426 g/mol. The molecule has 8 heteroatoms. The highest BCUT2D eigenvalue weighted by molar-refractivity contribution is 5.83. The van der Waals surface area contributed by atoms with E-state index >= 15 is 0 Å². The number of alkyl halides is 2. The van der Waals surface area contributed by atoms with Gasteiger partial charge in [-0.15, -0.1) is 0 Å².